The minimum atomic E-state index is -0.0289. The summed E-state index contributed by atoms with van der Waals surface area (Å²) in [6, 6.07) is 19.7. The van der Waals surface area contributed by atoms with Crippen LogP contribution in [0.15, 0.2) is 73.1 Å². The molecule has 240 valence electrons. The Balaban J connectivity index is 1.44. The van der Waals surface area contributed by atoms with E-state index in [1.807, 2.05) is 78.0 Å². The first-order valence-electron chi connectivity index (χ1n) is 17.3. The molecule has 2 aromatic carbocycles. The number of nitrogens with zero attached hydrogens (tertiary/aromatic N) is 2. The van der Waals surface area contributed by atoms with Crippen LogP contribution in [0.3, 0.4) is 0 Å². The molecule has 0 radical (unpaired) electrons. The van der Waals surface area contributed by atoms with Crippen LogP contribution in [-0.2, 0) is 13.1 Å². The number of benzene rings is 2. The predicted molar refractivity (Wildman–Crippen MR) is 183 cm³/mol. The Labute approximate surface area is 267 Å². The topological polar surface area (TPSA) is 42.7 Å². The molecule has 0 aliphatic carbocycles. The lowest BCUT2D eigenvalue weighted by Crippen LogP contribution is -2.36. The molecular formula is C39H57N2O3+. The molecular weight excluding hydrogens is 544 g/mol. The zero-order valence-corrected chi connectivity index (χ0v) is 27.8. The number of hydrogen-bond acceptors (Lipinski definition) is 3. The third-order valence-electron chi connectivity index (χ3n) is 8.22. The van der Waals surface area contributed by atoms with Gasteiger partial charge in [0.2, 0.25) is 0 Å². The molecule has 3 aromatic rings. The van der Waals surface area contributed by atoms with Crippen molar-refractivity contribution in [1.29, 1.82) is 0 Å². The Kier molecular flexibility index (Phi) is 17.1. The first kappa shape index (κ1) is 35.1. The number of rotatable bonds is 23. The number of aryl methyl sites for hydroxylation is 1. The Morgan fingerprint density at radius 2 is 1.34 bits per heavy atom. The first-order chi connectivity index (χ1) is 21.7. The van der Waals surface area contributed by atoms with Gasteiger partial charge in [0.1, 0.15) is 12.1 Å². The van der Waals surface area contributed by atoms with Crippen molar-refractivity contribution in [3.8, 4) is 11.5 Å². The number of para-hydroxylation sites is 1. The van der Waals surface area contributed by atoms with E-state index < -0.39 is 0 Å². The highest BCUT2D eigenvalue weighted by molar-refractivity contribution is 6.05. The fourth-order valence-electron chi connectivity index (χ4n) is 5.68. The largest absolute Gasteiger partial charge is 0.493 e. The molecule has 0 aliphatic rings. The second-order valence-corrected chi connectivity index (χ2v) is 12.0. The average molecular weight is 602 g/mol. The van der Waals surface area contributed by atoms with Gasteiger partial charge in [-0.3, -0.25) is 4.79 Å². The average Bonchev–Trinajstić information content (AvgIpc) is 3.06. The van der Waals surface area contributed by atoms with Gasteiger partial charge in [-0.05, 0) is 42.3 Å². The quantitative estimate of drug-likeness (QED) is 0.0802. The summed E-state index contributed by atoms with van der Waals surface area (Å²) < 4.78 is 13.9. The molecule has 0 N–H and O–H groups in total. The molecule has 0 unspecified atom stereocenters. The summed E-state index contributed by atoms with van der Waals surface area (Å²) in [5, 5.41) is 0. The third kappa shape index (κ3) is 12.7. The van der Waals surface area contributed by atoms with E-state index in [1.165, 1.54) is 83.5 Å². The molecule has 0 bridgehead atoms. The van der Waals surface area contributed by atoms with E-state index in [1.54, 1.807) is 7.11 Å². The van der Waals surface area contributed by atoms with Gasteiger partial charge in [0.15, 0.2) is 23.9 Å². The van der Waals surface area contributed by atoms with E-state index in [4.69, 9.17) is 9.47 Å². The number of amides is 1. The SMILES string of the molecule is CCCCCCCCCCCCCCCCOc1ccc(CN(C(=O)c2ccc[n+](CCC)c2)c2ccccc2)cc1OC. The molecule has 0 aliphatic heterocycles. The zero-order valence-electron chi connectivity index (χ0n) is 27.8. The van der Waals surface area contributed by atoms with E-state index in [0.29, 0.717) is 24.5 Å². The Morgan fingerprint density at radius 3 is 1.95 bits per heavy atom. The maximum atomic E-state index is 13.8. The molecule has 1 aromatic heterocycles. The lowest BCUT2D eigenvalue weighted by atomic mass is 10.0. The van der Waals surface area contributed by atoms with Crippen LogP contribution in [-0.4, -0.2) is 19.6 Å². The molecule has 44 heavy (non-hydrogen) atoms. The van der Waals surface area contributed by atoms with Gasteiger partial charge in [-0.1, -0.05) is 122 Å². The highest BCUT2D eigenvalue weighted by atomic mass is 16.5. The number of pyridine rings is 1. The number of methoxy groups -OCH3 is 1. The van der Waals surface area contributed by atoms with Gasteiger partial charge in [-0.15, -0.1) is 0 Å². The zero-order chi connectivity index (χ0) is 31.2. The normalized spacial score (nSPS) is 11.0. The van der Waals surface area contributed by atoms with Gasteiger partial charge < -0.3 is 14.4 Å². The molecule has 1 heterocycles. The van der Waals surface area contributed by atoms with Gasteiger partial charge in [0, 0.05) is 18.2 Å². The minimum absolute atomic E-state index is 0.0289. The van der Waals surface area contributed by atoms with Gasteiger partial charge in [0.05, 0.1) is 20.3 Å². The van der Waals surface area contributed by atoms with E-state index in [2.05, 4.69) is 18.4 Å². The molecule has 1 amide bonds. The van der Waals surface area contributed by atoms with Crippen LogP contribution < -0.4 is 18.9 Å². The highest BCUT2D eigenvalue weighted by Crippen LogP contribution is 2.30. The third-order valence-corrected chi connectivity index (χ3v) is 8.22. The highest BCUT2D eigenvalue weighted by Gasteiger charge is 2.21. The number of carbonyl (C=O) groups is 1. The van der Waals surface area contributed by atoms with Gasteiger partial charge in [0.25, 0.3) is 5.91 Å². The lowest BCUT2D eigenvalue weighted by molar-refractivity contribution is -0.697. The van der Waals surface area contributed by atoms with Crippen molar-refractivity contribution in [2.45, 2.75) is 123 Å². The van der Waals surface area contributed by atoms with Crippen molar-refractivity contribution in [1.82, 2.24) is 0 Å². The maximum Gasteiger partial charge on any atom is 0.264 e. The van der Waals surface area contributed by atoms with Crippen LogP contribution in [0.2, 0.25) is 0 Å². The monoisotopic (exact) mass is 601 g/mol. The predicted octanol–water partition coefficient (Wildman–Crippen LogP) is 10.1. The Morgan fingerprint density at radius 1 is 0.705 bits per heavy atom. The summed E-state index contributed by atoms with van der Waals surface area (Å²) in [7, 11) is 1.68. The summed E-state index contributed by atoms with van der Waals surface area (Å²) in [4.78, 5) is 15.6. The Bertz CT molecular complexity index is 1200. The fourth-order valence-corrected chi connectivity index (χ4v) is 5.68. The van der Waals surface area contributed by atoms with Crippen molar-refractivity contribution in [3.63, 3.8) is 0 Å². The molecule has 5 nitrogen and oxygen atoms in total. The maximum absolute atomic E-state index is 13.8. The number of ether oxygens (including phenoxy) is 2. The van der Waals surface area contributed by atoms with Gasteiger partial charge in [-0.2, -0.15) is 0 Å². The van der Waals surface area contributed by atoms with Crippen molar-refractivity contribution in [2.24, 2.45) is 0 Å². The Hall–Kier alpha value is -3.34. The van der Waals surface area contributed by atoms with Crippen LogP contribution >= 0.6 is 0 Å². The second-order valence-electron chi connectivity index (χ2n) is 12.0. The standard InChI is InChI=1S/C39H57N2O3/c1-4-6-7-8-9-10-11-12-13-14-15-16-17-21-30-44-37-27-26-34(31-38(37)43-3)32-41(36-24-19-18-20-25-36)39(42)35-23-22-29-40(33-35)28-5-2/h18-20,22-27,29,31,33H,4-17,21,28,30,32H2,1-3H3/q+1. The van der Waals surface area contributed by atoms with E-state index in [-0.39, 0.29) is 5.91 Å². The van der Waals surface area contributed by atoms with Crippen molar-refractivity contribution < 1.29 is 18.8 Å². The van der Waals surface area contributed by atoms with E-state index in [0.717, 1.165) is 36.4 Å². The molecule has 0 fully saturated rings. The fraction of sp³-hybridized carbons (Fsp3) is 0.538. The number of hydrogen-bond donors (Lipinski definition) is 0. The summed E-state index contributed by atoms with van der Waals surface area (Å²) in [5.41, 5.74) is 2.52. The number of aromatic nitrogens is 1. The summed E-state index contributed by atoms with van der Waals surface area (Å²) >= 11 is 0. The van der Waals surface area contributed by atoms with Crippen LogP contribution in [0.1, 0.15) is 126 Å². The molecule has 5 heteroatoms. The second kappa shape index (κ2) is 21.4. The molecule has 0 spiro atoms. The van der Waals surface area contributed by atoms with E-state index in [9.17, 15) is 4.79 Å². The van der Waals surface area contributed by atoms with Crippen LogP contribution in [0.25, 0.3) is 0 Å². The van der Waals surface area contributed by atoms with Gasteiger partial charge in [-0.25, -0.2) is 4.57 Å². The summed E-state index contributed by atoms with van der Waals surface area (Å²) in [5.74, 6) is 1.43. The van der Waals surface area contributed by atoms with E-state index >= 15 is 0 Å². The van der Waals surface area contributed by atoms with Crippen LogP contribution in [0.5, 0.6) is 11.5 Å². The molecule has 0 saturated carbocycles. The van der Waals surface area contributed by atoms with Crippen molar-refractivity contribution >= 4 is 11.6 Å². The lowest BCUT2D eigenvalue weighted by Gasteiger charge is -2.23. The summed E-state index contributed by atoms with van der Waals surface area (Å²) in [6.45, 7) is 6.42. The summed E-state index contributed by atoms with van der Waals surface area (Å²) in [6.07, 6.45) is 23.8. The number of carbonyl (C=O) groups excluding carboxylic acids is 1. The van der Waals surface area contributed by atoms with Crippen LogP contribution in [0, 0.1) is 0 Å². The van der Waals surface area contributed by atoms with Crippen molar-refractivity contribution in [3.05, 3.63) is 84.2 Å². The smallest absolute Gasteiger partial charge is 0.264 e. The first-order valence-corrected chi connectivity index (χ1v) is 17.3. The minimum Gasteiger partial charge on any atom is -0.493 e. The van der Waals surface area contributed by atoms with Crippen molar-refractivity contribution in [2.75, 3.05) is 18.6 Å². The molecule has 0 saturated heterocycles. The number of anilines is 1. The number of unbranched alkanes of at least 4 members (excludes halogenated alkanes) is 13. The molecule has 0 atom stereocenters. The van der Waals surface area contributed by atoms with Gasteiger partial charge >= 0.3 is 0 Å². The van der Waals surface area contributed by atoms with Crippen LogP contribution in [0.4, 0.5) is 5.69 Å². The molecule has 3 rings (SSSR count).